The number of carbonyl (C=O) groups is 2. The topological polar surface area (TPSA) is 79.9 Å². The first-order valence-corrected chi connectivity index (χ1v) is 9.84. The molecule has 0 spiro atoms. The van der Waals surface area contributed by atoms with Gasteiger partial charge >= 0.3 is 6.09 Å². The van der Waals surface area contributed by atoms with Crippen LogP contribution in [0.3, 0.4) is 0 Å². The summed E-state index contributed by atoms with van der Waals surface area (Å²) in [6.07, 6.45) is -0.512. The van der Waals surface area contributed by atoms with E-state index in [0.29, 0.717) is 24.4 Å². The number of hydrogen-bond acceptors (Lipinski definition) is 5. The van der Waals surface area contributed by atoms with Gasteiger partial charge in [-0.2, -0.15) is 0 Å². The van der Waals surface area contributed by atoms with Crippen LogP contribution in [0, 0.1) is 0 Å². The second-order valence-electron chi connectivity index (χ2n) is 6.76. The lowest BCUT2D eigenvalue weighted by molar-refractivity contribution is 0.0340. The second kappa shape index (κ2) is 10.6. The molecule has 1 aliphatic heterocycles. The van der Waals surface area contributed by atoms with Crippen LogP contribution in [0.2, 0.25) is 0 Å². The molecular weight excluding hydrogens is 370 g/mol. The molecule has 0 atom stereocenters. The summed E-state index contributed by atoms with van der Waals surface area (Å²) in [5.41, 5.74) is 3.43. The van der Waals surface area contributed by atoms with Crippen molar-refractivity contribution in [2.24, 2.45) is 0 Å². The van der Waals surface area contributed by atoms with Gasteiger partial charge in [-0.3, -0.25) is 15.0 Å². The third-order valence-electron chi connectivity index (χ3n) is 4.72. The minimum Gasteiger partial charge on any atom is -0.450 e. The van der Waals surface area contributed by atoms with Crippen molar-refractivity contribution in [3.05, 3.63) is 65.2 Å². The molecule has 0 aliphatic carbocycles. The first kappa shape index (κ1) is 20.8. The molecule has 1 heterocycles. The van der Waals surface area contributed by atoms with E-state index in [1.165, 1.54) is 5.56 Å². The van der Waals surface area contributed by atoms with Gasteiger partial charge in [-0.25, -0.2) is 4.79 Å². The maximum Gasteiger partial charge on any atom is 0.411 e. The highest BCUT2D eigenvalue weighted by Crippen LogP contribution is 2.14. The number of hydrogen-bond donors (Lipinski definition) is 2. The zero-order valence-corrected chi connectivity index (χ0v) is 16.6. The number of ether oxygens (including phenoxy) is 2. The van der Waals surface area contributed by atoms with Crippen LogP contribution in [0.4, 0.5) is 10.5 Å². The average Bonchev–Trinajstić information content (AvgIpc) is 2.74. The third kappa shape index (κ3) is 6.30. The number of morpholine rings is 1. The van der Waals surface area contributed by atoms with E-state index < -0.39 is 6.09 Å². The fourth-order valence-electron chi connectivity index (χ4n) is 3.15. The highest BCUT2D eigenvalue weighted by atomic mass is 16.5. The van der Waals surface area contributed by atoms with E-state index >= 15 is 0 Å². The van der Waals surface area contributed by atoms with E-state index in [4.69, 9.17) is 9.47 Å². The lowest BCUT2D eigenvalue weighted by Gasteiger charge is -2.27. The predicted octanol–water partition coefficient (Wildman–Crippen LogP) is 3.02. The SMILES string of the molecule is CCOC(=O)Nc1ccc(C(=O)NCc2ccccc2CN2CCOCC2)cc1. The van der Waals surface area contributed by atoms with Crippen molar-refractivity contribution in [2.45, 2.75) is 20.0 Å². The van der Waals surface area contributed by atoms with Gasteiger partial charge in [-0.05, 0) is 42.3 Å². The molecule has 29 heavy (non-hydrogen) atoms. The normalized spacial score (nSPS) is 14.2. The van der Waals surface area contributed by atoms with E-state index in [0.717, 1.165) is 38.4 Å². The quantitative estimate of drug-likeness (QED) is 0.751. The number of benzene rings is 2. The van der Waals surface area contributed by atoms with Gasteiger partial charge in [0.25, 0.3) is 5.91 Å². The molecule has 1 aliphatic rings. The molecule has 0 unspecified atom stereocenters. The van der Waals surface area contributed by atoms with Crippen LogP contribution < -0.4 is 10.6 Å². The number of rotatable bonds is 7. The van der Waals surface area contributed by atoms with Crippen molar-refractivity contribution in [3.63, 3.8) is 0 Å². The van der Waals surface area contributed by atoms with Crippen LogP contribution in [-0.2, 0) is 22.6 Å². The van der Waals surface area contributed by atoms with E-state index in [1.807, 2.05) is 18.2 Å². The summed E-state index contributed by atoms with van der Waals surface area (Å²) in [5.74, 6) is -0.158. The number of anilines is 1. The highest BCUT2D eigenvalue weighted by Gasteiger charge is 2.13. The molecule has 0 saturated carbocycles. The molecule has 3 rings (SSSR count). The second-order valence-corrected chi connectivity index (χ2v) is 6.76. The first-order chi connectivity index (χ1) is 14.2. The summed E-state index contributed by atoms with van der Waals surface area (Å²) < 4.78 is 10.2. The van der Waals surface area contributed by atoms with Gasteiger partial charge < -0.3 is 14.8 Å². The Labute approximate surface area is 171 Å². The predicted molar refractivity (Wildman–Crippen MR) is 111 cm³/mol. The Kier molecular flexibility index (Phi) is 7.61. The molecule has 2 aromatic rings. The Morgan fingerprint density at radius 3 is 2.41 bits per heavy atom. The van der Waals surface area contributed by atoms with Crippen LogP contribution in [0.15, 0.2) is 48.5 Å². The molecule has 2 N–H and O–H groups in total. The summed E-state index contributed by atoms with van der Waals surface area (Å²) >= 11 is 0. The van der Waals surface area contributed by atoms with Crippen LogP contribution in [-0.4, -0.2) is 49.8 Å². The highest BCUT2D eigenvalue weighted by molar-refractivity contribution is 5.95. The fourth-order valence-corrected chi connectivity index (χ4v) is 3.15. The standard InChI is InChI=1S/C22H27N3O4/c1-2-29-22(27)24-20-9-7-17(8-10-20)21(26)23-15-18-5-3-4-6-19(18)16-25-11-13-28-14-12-25/h3-10H,2,11-16H2,1H3,(H,23,26)(H,24,27). The molecule has 1 saturated heterocycles. The Bertz CT molecular complexity index is 817. The summed E-state index contributed by atoms with van der Waals surface area (Å²) in [7, 11) is 0. The molecular formula is C22H27N3O4. The van der Waals surface area contributed by atoms with Crippen molar-refractivity contribution in [1.82, 2.24) is 10.2 Å². The summed E-state index contributed by atoms with van der Waals surface area (Å²) in [6.45, 7) is 6.73. The zero-order chi connectivity index (χ0) is 20.5. The van der Waals surface area contributed by atoms with Crippen molar-refractivity contribution >= 4 is 17.7 Å². The minimum absolute atomic E-state index is 0.158. The maximum atomic E-state index is 12.5. The molecule has 2 aromatic carbocycles. The molecule has 1 fully saturated rings. The Balaban J connectivity index is 1.55. The molecule has 154 valence electrons. The van der Waals surface area contributed by atoms with Gasteiger partial charge in [-0.15, -0.1) is 0 Å². The van der Waals surface area contributed by atoms with Crippen LogP contribution in [0.1, 0.15) is 28.4 Å². The van der Waals surface area contributed by atoms with Crippen LogP contribution in [0.5, 0.6) is 0 Å². The Morgan fingerprint density at radius 1 is 1.03 bits per heavy atom. The summed E-state index contributed by atoms with van der Waals surface area (Å²) in [5, 5.41) is 5.59. The van der Waals surface area contributed by atoms with E-state index in [-0.39, 0.29) is 5.91 Å². The van der Waals surface area contributed by atoms with Crippen molar-refractivity contribution in [2.75, 3.05) is 38.2 Å². The molecule has 7 heteroatoms. The van der Waals surface area contributed by atoms with Crippen LogP contribution >= 0.6 is 0 Å². The van der Waals surface area contributed by atoms with E-state index in [9.17, 15) is 9.59 Å². The maximum absolute atomic E-state index is 12.5. The molecule has 0 radical (unpaired) electrons. The Morgan fingerprint density at radius 2 is 1.72 bits per heavy atom. The van der Waals surface area contributed by atoms with Gasteiger partial charge in [-0.1, -0.05) is 24.3 Å². The van der Waals surface area contributed by atoms with Gasteiger partial charge in [0.1, 0.15) is 0 Å². The van der Waals surface area contributed by atoms with Crippen LogP contribution in [0.25, 0.3) is 0 Å². The third-order valence-corrected chi connectivity index (χ3v) is 4.72. The Hall–Kier alpha value is -2.90. The average molecular weight is 397 g/mol. The zero-order valence-electron chi connectivity index (χ0n) is 16.6. The molecule has 0 bridgehead atoms. The lowest BCUT2D eigenvalue weighted by atomic mass is 10.1. The lowest BCUT2D eigenvalue weighted by Crippen LogP contribution is -2.36. The number of nitrogens with one attached hydrogen (secondary N) is 2. The molecule has 7 nitrogen and oxygen atoms in total. The number of nitrogens with zero attached hydrogens (tertiary/aromatic N) is 1. The van der Waals surface area contributed by atoms with E-state index in [2.05, 4.69) is 21.6 Å². The molecule has 2 amide bonds. The van der Waals surface area contributed by atoms with Crippen molar-refractivity contribution in [1.29, 1.82) is 0 Å². The van der Waals surface area contributed by atoms with Gasteiger partial charge in [0, 0.05) is 37.4 Å². The summed E-state index contributed by atoms with van der Waals surface area (Å²) in [4.78, 5) is 26.3. The smallest absolute Gasteiger partial charge is 0.411 e. The minimum atomic E-state index is -0.512. The van der Waals surface area contributed by atoms with Crippen molar-refractivity contribution < 1.29 is 19.1 Å². The fraction of sp³-hybridized carbons (Fsp3) is 0.364. The van der Waals surface area contributed by atoms with Gasteiger partial charge in [0.2, 0.25) is 0 Å². The summed E-state index contributed by atoms with van der Waals surface area (Å²) in [6, 6.07) is 14.9. The number of amides is 2. The van der Waals surface area contributed by atoms with Gasteiger partial charge in [0.05, 0.1) is 19.8 Å². The van der Waals surface area contributed by atoms with Gasteiger partial charge in [0.15, 0.2) is 0 Å². The van der Waals surface area contributed by atoms with E-state index in [1.54, 1.807) is 31.2 Å². The molecule has 0 aromatic heterocycles. The number of carbonyl (C=O) groups excluding carboxylic acids is 2. The largest absolute Gasteiger partial charge is 0.450 e. The monoisotopic (exact) mass is 397 g/mol. The van der Waals surface area contributed by atoms with Crippen molar-refractivity contribution in [3.8, 4) is 0 Å². The first-order valence-electron chi connectivity index (χ1n) is 9.84.